The molecule has 1 N–H and O–H groups in total. The molecule has 0 saturated heterocycles. The lowest BCUT2D eigenvalue weighted by Gasteiger charge is -2.19. The SMILES string of the molecule is COc1ccc(CCc2cc(C(=O)N[C@@H]3COc4ccccc4N(C)C3=O)on2)cc1. The van der Waals surface area contributed by atoms with Crippen molar-refractivity contribution in [2.24, 2.45) is 0 Å². The molecule has 1 aromatic heterocycles. The van der Waals surface area contributed by atoms with Crippen molar-refractivity contribution in [2.75, 3.05) is 25.7 Å². The lowest BCUT2D eigenvalue weighted by atomic mass is 10.1. The number of anilines is 1. The largest absolute Gasteiger partial charge is 0.497 e. The van der Waals surface area contributed by atoms with Crippen molar-refractivity contribution in [3.8, 4) is 11.5 Å². The highest BCUT2D eigenvalue weighted by Crippen LogP contribution is 2.29. The number of hydrogen-bond donors (Lipinski definition) is 1. The minimum absolute atomic E-state index is 0.0321. The predicted molar refractivity (Wildman–Crippen MR) is 114 cm³/mol. The van der Waals surface area contributed by atoms with Crippen molar-refractivity contribution in [2.45, 2.75) is 18.9 Å². The maximum Gasteiger partial charge on any atom is 0.290 e. The molecule has 3 aromatic rings. The number of aromatic nitrogens is 1. The zero-order valence-corrected chi connectivity index (χ0v) is 17.3. The third kappa shape index (κ3) is 4.53. The molecular formula is C23H23N3O5. The molecule has 0 bridgehead atoms. The van der Waals surface area contributed by atoms with Crippen molar-refractivity contribution in [1.29, 1.82) is 0 Å². The predicted octanol–water partition coefficient (Wildman–Crippen LogP) is 2.62. The lowest BCUT2D eigenvalue weighted by molar-refractivity contribution is -0.120. The zero-order chi connectivity index (χ0) is 21.8. The monoisotopic (exact) mass is 421 g/mol. The molecule has 8 heteroatoms. The average molecular weight is 421 g/mol. The summed E-state index contributed by atoms with van der Waals surface area (Å²) in [5, 5.41) is 6.66. The quantitative estimate of drug-likeness (QED) is 0.658. The van der Waals surface area contributed by atoms with Gasteiger partial charge in [-0.15, -0.1) is 0 Å². The number of nitrogens with one attached hydrogen (secondary N) is 1. The topological polar surface area (TPSA) is 93.9 Å². The lowest BCUT2D eigenvalue weighted by Crippen LogP contribution is -2.49. The van der Waals surface area contributed by atoms with Gasteiger partial charge in [0, 0.05) is 13.1 Å². The molecule has 0 fully saturated rings. The van der Waals surface area contributed by atoms with E-state index in [1.165, 1.54) is 4.90 Å². The number of hydrogen-bond acceptors (Lipinski definition) is 6. The van der Waals surface area contributed by atoms with E-state index in [4.69, 9.17) is 14.0 Å². The highest BCUT2D eigenvalue weighted by molar-refractivity contribution is 6.02. The number of carbonyl (C=O) groups is 2. The van der Waals surface area contributed by atoms with Crippen LogP contribution in [0.4, 0.5) is 5.69 Å². The number of nitrogens with zero attached hydrogens (tertiary/aromatic N) is 2. The van der Waals surface area contributed by atoms with Gasteiger partial charge >= 0.3 is 0 Å². The minimum Gasteiger partial charge on any atom is -0.497 e. The molecule has 1 atom stereocenters. The Balaban J connectivity index is 1.37. The Bertz CT molecular complexity index is 1080. The Kier molecular flexibility index (Phi) is 5.88. The smallest absolute Gasteiger partial charge is 0.290 e. The van der Waals surface area contributed by atoms with Gasteiger partial charge in [-0.2, -0.15) is 0 Å². The summed E-state index contributed by atoms with van der Waals surface area (Å²) in [6.45, 7) is 0.0321. The first-order chi connectivity index (χ1) is 15.0. The zero-order valence-electron chi connectivity index (χ0n) is 17.3. The Morgan fingerprint density at radius 1 is 1.19 bits per heavy atom. The number of methoxy groups -OCH3 is 1. The molecule has 4 rings (SSSR count). The van der Waals surface area contributed by atoms with Crippen LogP contribution >= 0.6 is 0 Å². The Morgan fingerprint density at radius 2 is 1.97 bits per heavy atom. The summed E-state index contributed by atoms with van der Waals surface area (Å²) in [7, 11) is 3.28. The van der Waals surface area contributed by atoms with Gasteiger partial charge in [0.15, 0.2) is 0 Å². The molecule has 0 spiro atoms. The second-order valence-corrected chi connectivity index (χ2v) is 7.23. The van der Waals surface area contributed by atoms with Crippen LogP contribution in [0.15, 0.2) is 59.1 Å². The van der Waals surface area contributed by atoms with E-state index in [0.29, 0.717) is 23.6 Å². The van der Waals surface area contributed by atoms with E-state index in [9.17, 15) is 9.59 Å². The third-order valence-electron chi connectivity index (χ3n) is 5.18. The third-order valence-corrected chi connectivity index (χ3v) is 5.18. The molecule has 2 amide bonds. The normalized spacial score (nSPS) is 15.6. The highest BCUT2D eigenvalue weighted by atomic mass is 16.5. The molecule has 160 valence electrons. The Morgan fingerprint density at radius 3 is 2.74 bits per heavy atom. The van der Waals surface area contributed by atoms with Crippen LogP contribution in [-0.2, 0) is 17.6 Å². The number of fused-ring (bicyclic) bond motifs is 1. The fourth-order valence-corrected chi connectivity index (χ4v) is 3.39. The van der Waals surface area contributed by atoms with Gasteiger partial charge in [-0.25, -0.2) is 0 Å². The van der Waals surface area contributed by atoms with Crippen LogP contribution in [-0.4, -0.2) is 43.8 Å². The number of carbonyl (C=O) groups excluding carboxylic acids is 2. The summed E-state index contributed by atoms with van der Waals surface area (Å²) < 4.78 is 16.1. The van der Waals surface area contributed by atoms with Gasteiger partial charge in [0.1, 0.15) is 24.1 Å². The average Bonchev–Trinajstić information content (AvgIpc) is 3.25. The highest BCUT2D eigenvalue weighted by Gasteiger charge is 2.31. The van der Waals surface area contributed by atoms with Crippen LogP contribution in [0, 0.1) is 0 Å². The van der Waals surface area contributed by atoms with E-state index in [1.54, 1.807) is 32.4 Å². The van der Waals surface area contributed by atoms with Gasteiger partial charge in [0.05, 0.1) is 18.5 Å². The van der Waals surface area contributed by atoms with Gasteiger partial charge in [-0.3, -0.25) is 9.59 Å². The van der Waals surface area contributed by atoms with E-state index < -0.39 is 11.9 Å². The molecule has 8 nitrogen and oxygen atoms in total. The van der Waals surface area contributed by atoms with Gasteiger partial charge in [0.25, 0.3) is 11.8 Å². The standard InChI is InChI=1S/C23H23N3O5/c1-26-19-5-3-4-6-20(19)30-14-18(23(26)28)24-22(27)21-13-16(25-31-21)10-7-15-8-11-17(29-2)12-9-15/h3-6,8-9,11-13,18H,7,10,14H2,1-2H3,(H,24,27)/t18-/m1/s1. The van der Waals surface area contributed by atoms with E-state index in [2.05, 4.69) is 10.5 Å². The maximum absolute atomic E-state index is 12.8. The van der Waals surface area contributed by atoms with E-state index in [0.717, 1.165) is 17.7 Å². The second kappa shape index (κ2) is 8.91. The van der Waals surface area contributed by atoms with Crippen LogP contribution < -0.4 is 19.7 Å². The molecule has 0 saturated carbocycles. The molecule has 0 radical (unpaired) electrons. The van der Waals surface area contributed by atoms with Crippen LogP contribution in [0.2, 0.25) is 0 Å². The van der Waals surface area contributed by atoms with Crippen molar-refractivity contribution < 1.29 is 23.6 Å². The summed E-state index contributed by atoms with van der Waals surface area (Å²) in [6, 6.07) is 15.8. The van der Waals surface area contributed by atoms with Crippen LogP contribution in [0.5, 0.6) is 11.5 Å². The Hall–Kier alpha value is -3.81. The Labute approximate surface area is 179 Å². The molecule has 1 aliphatic rings. The van der Waals surface area contributed by atoms with Crippen molar-refractivity contribution in [3.63, 3.8) is 0 Å². The molecule has 0 unspecified atom stereocenters. The van der Waals surface area contributed by atoms with Crippen LogP contribution in [0.25, 0.3) is 0 Å². The molecule has 2 aromatic carbocycles. The van der Waals surface area contributed by atoms with E-state index in [-0.39, 0.29) is 18.3 Å². The van der Waals surface area contributed by atoms with Crippen LogP contribution in [0.1, 0.15) is 21.8 Å². The summed E-state index contributed by atoms with van der Waals surface area (Å²) in [4.78, 5) is 26.9. The number of likely N-dealkylation sites (N-methyl/N-ethyl adjacent to an activating group) is 1. The summed E-state index contributed by atoms with van der Waals surface area (Å²) >= 11 is 0. The number of ether oxygens (including phenoxy) is 2. The number of amides is 2. The van der Waals surface area contributed by atoms with Gasteiger partial charge in [0.2, 0.25) is 5.76 Å². The number of benzene rings is 2. The summed E-state index contributed by atoms with van der Waals surface area (Å²) in [5.74, 6) is 0.675. The molecule has 31 heavy (non-hydrogen) atoms. The van der Waals surface area contributed by atoms with Gasteiger partial charge in [-0.1, -0.05) is 29.4 Å². The maximum atomic E-state index is 12.8. The first-order valence-corrected chi connectivity index (χ1v) is 9.94. The van der Waals surface area contributed by atoms with Crippen molar-refractivity contribution in [3.05, 3.63) is 71.6 Å². The van der Waals surface area contributed by atoms with Gasteiger partial charge < -0.3 is 24.2 Å². The molecule has 0 aliphatic carbocycles. The van der Waals surface area contributed by atoms with E-state index >= 15 is 0 Å². The summed E-state index contributed by atoms with van der Waals surface area (Å²) in [5.41, 5.74) is 2.44. The molecular weight excluding hydrogens is 398 g/mol. The number of rotatable bonds is 6. The first-order valence-electron chi connectivity index (χ1n) is 9.94. The van der Waals surface area contributed by atoms with E-state index in [1.807, 2.05) is 36.4 Å². The minimum atomic E-state index is -0.835. The fraction of sp³-hybridized carbons (Fsp3) is 0.261. The number of aryl methyl sites for hydroxylation is 2. The van der Waals surface area contributed by atoms with Crippen molar-refractivity contribution in [1.82, 2.24) is 10.5 Å². The summed E-state index contributed by atoms with van der Waals surface area (Å²) in [6.07, 6.45) is 1.36. The molecule has 1 aliphatic heterocycles. The van der Waals surface area contributed by atoms with Crippen molar-refractivity contribution >= 4 is 17.5 Å². The number of para-hydroxylation sites is 2. The fourth-order valence-electron chi connectivity index (χ4n) is 3.39. The van der Waals surface area contributed by atoms with Crippen LogP contribution in [0.3, 0.4) is 0 Å². The first kappa shape index (κ1) is 20.5. The van der Waals surface area contributed by atoms with Gasteiger partial charge in [-0.05, 0) is 42.7 Å². The second-order valence-electron chi connectivity index (χ2n) is 7.23. The molecule has 2 heterocycles.